The fourth-order valence-electron chi connectivity index (χ4n) is 2.43. The molecule has 0 N–H and O–H groups in total. The van der Waals surface area contributed by atoms with Crippen LogP contribution in [-0.4, -0.2) is 22.4 Å². The molecule has 0 unspecified atom stereocenters. The lowest BCUT2D eigenvalue weighted by atomic mass is 10.2. The number of hydrogen-bond acceptors (Lipinski definition) is 2. The highest BCUT2D eigenvalue weighted by atomic mass is 19.1. The van der Waals surface area contributed by atoms with Crippen LogP contribution in [0.25, 0.3) is 5.69 Å². The van der Waals surface area contributed by atoms with Crippen LogP contribution in [0.5, 0.6) is 0 Å². The third kappa shape index (κ3) is 3.51. The maximum Gasteiger partial charge on any atom is 0.228 e. The van der Waals surface area contributed by atoms with Crippen LogP contribution in [0.1, 0.15) is 11.5 Å². The highest BCUT2D eigenvalue weighted by molar-refractivity contribution is 5.78. The van der Waals surface area contributed by atoms with E-state index in [9.17, 15) is 9.18 Å². The van der Waals surface area contributed by atoms with Gasteiger partial charge in [-0.05, 0) is 48.5 Å². The molecule has 0 aliphatic carbocycles. The molecular weight excluding hydrogens is 295 g/mol. The second-order valence-corrected chi connectivity index (χ2v) is 5.35. The van der Waals surface area contributed by atoms with Gasteiger partial charge in [-0.1, -0.05) is 0 Å². The summed E-state index contributed by atoms with van der Waals surface area (Å²) < 4.78 is 20.2. The van der Waals surface area contributed by atoms with E-state index < -0.39 is 0 Å². The van der Waals surface area contributed by atoms with Crippen molar-refractivity contribution in [3.63, 3.8) is 0 Å². The summed E-state index contributed by atoms with van der Waals surface area (Å²) in [6.07, 6.45) is 3.72. The van der Waals surface area contributed by atoms with E-state index in [-0.39, 0.29) is 18.1 Å². The number of hydrogen-bond donors (Lipinski definition) is 0. The topological polar surface area (TPSA) is 38.4 Å². The Morgan fingerprint density at radius 1 is 1.17 bits per heavy atom. The molecule has 118 valence electrons. The molecule has 1 aromatic carbocycles. The smallest absolute Gasteiger partial charge is 0.228 e. The second-order valence-electron chi connectivity index (χ2n) is 5.35. The number of aromatic nitrogens is 1. The molecule has 3 aromatic rings. The molecule has 1 amide bonds. The molecule has 3 rings (SSSR count). The molecule has 0 aliphatic heterocycles. The van der Waals surface area contributed by atoms with E-state index in [0.29, 0.717) is 6.54 Å². The van der Waals surface area contributed by atoms with Crippen LogP contribution in [0.15, 0.2) is 65.4 Å². The maximum atomic E-state index is 13.0. The highest BCUT2D eigenvalue weighted by Crippen LogP contribution is 2.15. The first kappa shape index (κ1) is 15.1. The Hall–Kier alpha value is -2.82. The van der Waals surface area contributed by atoms with Crippen LogP contribution >= 0.6 is 0 Å². The molecule has 2 aromatic heterocycles. The van der Waals surface area contributed by atoms with Crippen LogP contribution in [0.4, 0.5) is 4.39 Å². The van der Waals surface area contributed by atoms with Gasteiger partial charge in [-0.15, -0.1) is 0 Å². The predicted molar refractivity (Wildman–Crippen MR) is 84.6 cm³/mol. The Balaban J connectivity index is 1.72. The molecular formula is C18H17FN2O2. The van der Waals surface area contributed by atoms with Crippen molar-refractivity contribution in [1.29, 1.82) is 0 Å². The van der Waals surface area contributed by atoms with Gasteiger partial charge in [0.05, 0.1) is 19.2 Å². The Labute approximate surface area is 133 Å². The average molecular weight is 312 g/mol. The molecule has 0 aliphatic rings. The summed E-state index contributed by atoms with van der Waals surface area (Å²) in [4.78, 5) is 14.0. The van der Waals surface area contributed by atoms with Gasteiger partial charge in [0.25, 0.3) is 0 Å². The largest absolute Gasteiger partial charge is 0.467 e. The number of benzene rings is 1. The van der Waals surface area contributed by atoms with Gasteiger partial charge in [-0.3, -0.25) is 4.79 Å². The normalized spacial score (nSPS) is 10.7. The van der Waals surface area contributed by atoms with E-state index >= 15 is 0 Å². The number of rotatable bonds is 5. The first-order valence-electron chi connectivity index (χ1n) is 7.32. The van der Waals surface area contributed by atoms with Crippen molar-refractivity contribution >= 4 is 5.91 Å². The predicted octanol–water partition coefficient (Wildman–Crippen LogP) is 3.41. The van der Waals surface area contributed by atoms with E-state index in [1.165, 1.54) is 12.1 Å². The summed E-state index contributed by atoms with van der Waals surface area (Å²) in [6, 6.07) is 13.6. The minimum absolute atomic E-state index is 0.0107. The van der Waals surface area contributed by atoms with Crippen molar-refractivity contribution in [3.8, 4) is 5.69 Å². The number of likely N-dealkylation sites (N-methyl/N-ethyl adjacent to an activating group) is 1. The lowest BCUT2D eigenvalue weighted by Crippen LogP contribution is -2.28. The quantitative estimate of drug-likeness (QED) is 0.724. The van der Waals surface area contributed by atoms with Gasteiger partial charge in [-0.25, -0.2) is 4.39 Å². The number of carbonyl (C=O) groups excluding carboxylic acids is 1. The number of halogens is 1. The maximum absolute atomic E-state index is 13.0. The third-order valence-corrected chi connectivity index (χ3v) is 3.67. The first-order valence-corrected chi connectivity index (χ1v) is 7.32. The number of amides is 1. The van der Waals surface area contributed by atoms with Gasteiger partial charge >= 0.3 is 0 Å². The molecule has 0 atom stereocenters. The van der Waals surface area contributed by atoms with Crippen LogP contribution in [-0.2, 0) is 17.8 Å². The molecule has 0 saturated heterocycles. The summed E-state index contributed by atoms with van der Waals surface area (Å²) in [5.74, 6) is 0.454. The Morgan fingerprint density at radius 2 is 1.96 bits per heavy atom. The van der Waals surface area contributed by atoms with E-state index in [4.69, 9.17) is 4.42 Å². The lowest BCUT2D eigenvalue weighted by Gasteiger charge is -2.16. The van der Waals surface area contributed by atoms with E-state index in [0.717, 1.165) is 17.1 Å². The SMILES string of the molecule is CN(Cc1ccco1)C(=O)Cc1cccn1-c1ccc(F)cc1. The minimum Gasteiger partial charge on any atom is -0.467 e. The van der Waals surface area contributed by atoms with Crippen molar-refractivity contribution in [2.45, 2.75) is 13.0 Å². The van der Waals surface area contributed by atoms with Crippen molar-refractivity contribution < 1.29 is 13.6 Å². The minimum atomic E-state index is -0.281. The lowest BCUT2D eigenvalue weighted by molar-refractivity contribution is -0.130. The number of carbonyl (C=O) groups is 1. The number of nitrogens with zero attached hydrogens (tertiary/aromatic N) is 2. The fourth-order valence-corrected chi connectivity index (χ4v) is 2.43. The zero-order valence-corrected chi connectivity index (χ0v) is 12.8. The number of furan rings is 1. The Morgan fingerprint density at radius 3 is 2.65 bits per heavy atom. The van der Waals surface area contributed by atoms with Crippen molar-refractivity contribution in [2.75, 3.05) is 7.05 Å². The molecule has 0 bridgehead atoms. The van der Waals surface area contributed by atoms with Gasteiger partial charge in [-0.2, -0.15) is 0 Å². The summed E-state index contributed by atoms with van der Waals surface area (Å²) in [5, 5.41) is 0. The van der Waals surface area contributed by atoms with Gasteiger partial charge in [0.1, 0.15) is 11.6 Å². The summed E-state index contributed by atoms with van der Waals surface area (Å²) in [7, 11) is 1.75. The van der Waals surface area contributed by atoms with Crippen molar-refractivity contribution in [2.24, 2.45) is 0 Å². The molecule has 2 heterocycles. The second kappa shape index (κ2) is 6.52. The van der Waals surface area contributed by atoms with Gasteiger partial charge < -0.3 is 13.9 Å². The third-order valence-electron chi connectivity index (χ3n) is 3.67. The van der Waals surface area contributed by atoms with Crippen LogP contribution in [0.3, 0.4) is 0 Å². The highest BCUT2D eigenvalue weighted by Gasteiger charge is 2.14. The summed E-state index contributed by atoms with van der Waals surface area (Å²) >= 11 is 0. The first-order chi connectivity index (χ1) is 11.1. The summed E-state index contributed by atoms with van der Waals surface area (Å²) in [6.45, 7) is 0.434. The monoisotopic (exact) mass is 312 g/mol. The van der Waals surface area contributed by atoms with Crippen molar-refractivity contribution in [1.82, 2.24) is 9.47 Å². The Bertz CT molecular complexity index is 776. The van der Waals surface area contributed by atoms with Crippen LogP contribution in [0, 0.1) is 5.82 Å². The van der Waals surface area contributed by atoms with E-state index in [1.54, 1.807) is 36.4 Å². The van der Waals surface area contributed by atoms with Crippen LogP contribution < -0.4 is 0 Å². The zero-order chi connectivity index (χ0) is 16.2. The molecule has 23 heavy (non-hydrogen) atoms. The fraction of sp³-hybridized carbons (Fsp3) is 0.167. The average Bonchev–Trinajstić information content (AvgIpc) is 3.20. The molecule has 0 spiro atoms. The van der Waals surface area contributed by atoms with E-state index in [2.05, 4.69) is 0 Å². The van der Waals surface area contributed by atoms with Crippen molar-refractivity contribution in [3.05, 3.63) is 78.3 Å². The standard InChI is InChI=1S/C18H17FN2O2/c1-20(13-17-5-3-11-23-17)18(22)12-16-4-2-10-21(16)15-8-6-14(19)7-9-15/h2-11H,12-13H2,1H3. The van der Waals surface area contributed by atoms with Gasteiger partial charge in [0.15, 0.2) is 0 Å². The van der Waals surface area contributed by atoms with Gasteiger partial charge in [0, 0.05) is 24.6 Å². The summed E-state index contributed by atoms with van der Waals surface area (Å²) in [5.41, 5.74) is 1.68. The van der Waals surface area contributed by atoms with E-state index in [1.807, 2.05) is 29.0 Å². The molecule has 4 nitrogen and oxygen atoms in total. The van der Waals surface area contributed by atoms with Gasteiger partial charge in [0.2, 0.25) is 5.91 Å². The molecule has 5 heteroatoms. The molecule has 0 saturated carbocycles. The molecule has 0 radical (unpaired) electrons. The Kier molecular flexibility index (Phi) is 4.28. The molecule has 0 fully saturated rings. The zero-order valence-electron chi connectivity index (χ0n) is 12.8. The van der Waals surface area contributed by atoms with Crippen LogP contribution in [0.2, 0.25) is 0 Å².